The van der Waals surface area contributed by atoms with Gasteiger partial charge in [-0.2, -0.15) is 0 Å². The molecule has 1 aromatic rings. The van der Waals surface area contributed by atoms with Crippen LogP contribution in [0.4, 0.5) is 0 Å². The summed E-state index contributed by atoms with van der Waals surface area (Å²) < 4.78 is 28.8. The second-order valence-electron chi connectivity index (χ2n) is 5.50. The highest BCUT2D eigenvalue weighted by molar-refractivity contribution is 7.92. The minimum Gasteiger partial charge on any atom is -0.467 e. The third-order valence-electron chi connectivity index (χ3n) is 4.10. The molecule has 2 aliphatic heterocycles. The van der Waals surface area contributed by atoms with Crippen molar-refractivity contribution in [2.75, 3.05) is 25.4 Å². The monoisotopic (exact) mass is 298 g/mol. The van der Waals surface area contributed by atoms with Crippen LogP contribution in [0.3, 0.4) is 0 Å². The number of rotatable bonds is 4. The molecule has 1 N–H and O–H groups in total. The standard InChI is InChI=1S/C13H18N2O4S/c16-13(14-6-11-2-1-4-19-11)9-15-7-10-3-5-20(17,18)12(10)8-15/h1-2,4,10,12H,3,5-9H2,(H,14,16)/t10-,12+/m0/s1. The van der Waals surface area contributed by atoms with Crippen molar-refractivity contribution in [1.29, 1.82) is 0 Å². The summed E-state index contributed by atoms with van der Waals surface area (Å²) in [5.41, 5.74) is 0. The van der Waals surface area contributed by atoms with Gasteiger partial charge in [0.05, 0.1) is 30.4 Å². The molecule has 20 heavy (non-hydrogen) atoms. The van der Waals surface area contributed by atoms with E-state index in [1.165, 1.54) is 0 Å². The number of nitrogens with zero attached hydrogens (tertiary/aromatic N) is 1. The second-order valence-corrected chi connectivity index (χ2v) is 7.84. The molecule has 7 heteroatoms. The molecule has 2 saturated heterocycles. The number of hydrogen-bond donors (Lipinski definition) is 1. The number of nitrogens with one attached hydrogen (secondary N) is 1. The first-order valence-corrected chi connectivity index (χ1v) is 8.49. The first-order valence-electron chi connectivity index (χ1n) is 6.77. The van der Waals surface area contributed by atoms with Gasteiger partial charge in [0.2, 0.25) is 5.91 Å². The van der Waals surface area contributed by atoms with Gasteiger partial charge in [-0.15, -0.1) is 0 Å². The molecule has 1 aromatic heterocycles. The van der Waals surface area contributed by atoms with Gasteiger partial charge in [-0.05, 0) is 24.5 Å². The molecule has 0 bridgehead atoms. The van der Waals surface area contributed by atoms with Gasteiger partial charge in [-0.1, -0.05) is 0 Å². The molecule has 2 aliphatic rings. The molecular formula is C13H18N2O4S. The van der Waals surface area contributed by atoms with E-state index in [1.54, 1.807) is 18.4 Å². The van der Waals surface area contributed by atoms with Gasteiger partial charge < -0.3 is 9.73 Å². The molecule has 0 unspecified atom stereocenters. The molecule has 2 atom stereocenters. The van der Waals surface area contributed by atoms with Crippen molar-refractivity contribution in [1.82, 2.24) is 10.2 Å². The molecule has 1 amide bonds. The number of carbonyl (C=O) groups excluding carboxylic acids is 1. The van der Waals surface area contributed by atoms with E-state index in [0.29, 0.717) is 31.1 Å². The Balaban J connectivity index is 1.49. The Morgan fingerprint density at radius 3 is 3.00 bits per heavy atom. The zero-order valence-corrected chi connectivity index (χ0v) is 11.9. The van der Waals surface area contributed by atoms with Crippen molar-refractivity contribution < 1.29 is 17.6 Å². The molecule has 3 rings (SSSR count). The fraction of sp³-hybridized carbons (Fsp3) is 0.615. The Hall–Kier alpha value is -1.34. The van der Waals surface area contributed by atoms with Crippen LogP contribution < -0.4 is 5.32 Å². The predicted octanol–water partition coefficient (Wildman–Crippen LogP) is 0.0147. The quantitative estimate of drug-likeness (QED) is 0.847. The minimum atomic E-state index is -2.93. The molecule has 0 spiro atoms. The molecule has 2 fully saturated rings. The maximum Gasteiger partial charge on any atom is 0.234 e. The molecule has 6 nitrogen and oxygen atoms in total. The van der Waals surface area contributed by atoms with Crippen LogP contribution in [0.2, 0.25) is 0 Å². The predicted molar refractivity (Wildman–Crippen MR) is 72.7 cm³/mol. The topological polar surface area (TPSA) is 79.6 Å². The lowest BCUT2D eigenvalue weighted by molar-refractivity contribution is -0.122. The molecule has 110 valence electrons. The summed E-state index contributed by atoms with van der Waals surface area (Å²) in [5.74, 6) is 1.12. The van der Waals surface area contributed by atoms with E-state index in [2.05, 4.69) is 5.32 Å². The molecular weight excluding hydrogens is 280 g/mol. The van der Waals surface area contributed by atoms with Gasteiger partial charge in [-0.3, -0.25) is 9.69 Å². The zero-order chi connectivity index (χ0) is 14.2. The van der Waals surface area contributed by atoms with Gasteiger partial charge in [0.25, 0.3) is 0 Å². The van der Waals surface area contributed by atoms with Crippen LogP contribution in [0.15, 0.2) is 22.8 Å². The van der Waals surface area contributed by atoms with Crippen LogP contribution >= 0.6 is 0 Å². The second kappa shape index (κ2) is 5.21. The van der Waals surface area contributed by atoms with Gasteiger partial charge in [0.1, 0.15) is 5.76 Å². The smallest absolute Gasteiger partial charge is 0.234 e. The number of amides is 1. The zero-order valence-electron chi connectivity index (χ0n) is 11.1. The molecule has 0 aromatic carbocycles. The highest BCUT2D eigenvalue weighted by Gasteiger charge is 2.46. The maximum atomic E-state index is 11.8. The number of fused-ring (bicyclic) bond motifs is 1. The van der Waals surface area contributed by atoms with E-state index in [1.807, 2.05) is 4.90 Å². The van der Waals surface area contributed by atoms with Crippen LogP contribution in [0, 0.1) is 5.92 Å². The summed E-state index contributed by atoms with van der Waals surface area (Å²) in [6.45, 7) is 1.81. The summed E-state index contributed by atoms with van der Waals surface area (Å²) in [6, 6.07) is 3.57. The van der Waals surface area contributed by atoms with E-state index in [4.69, 9.17) is 4.42 Å². The van der Waals surface area contributed by atoms with Crippen molar-refractivity contribution in [3.8, 4) is 0 Å². The summed E-state index contributed by atoms with van der Waals surface area (Å²) >= 11 is 0. The van der Waals surface area contributed by atoms with Crippen molar-refractivity contribution in [3.63, 3.8) is 0 Å². The largest absolute Gasteiger partial charge is 0.467 e. The van der Waals surface area contributed by atoms with E-state index in [9.17, 15) is 13.2 Å². The van der Waals surface area contributed by atoms with Crippen LogP contribution in [0.5, 0.6) is 0 Å². The van der Waals surface area contributed by atoms with E-state index in [0.717, 1.165) is 6.42 Å². The summed E-state index contributed by atoms with van der Waals surface area (Å²) in [7, 11) is -2.93. The van der Waals surface area contributed by atoms with Crippen LogP contribution in [0.25, 0.3) is 0 Å². The van der Waals surface area contributed by atoms with Gasteiger partial charge >= 0.3 is 0 Å². The average Bonchev–Trinajstić information content (AvgIpc) is 3.07. The van der Waals surface area contributed by atoms with Gasteiger partial charge in [-0.25, -0.2) is 8.42 Å². The molecule has 3 heterocycles. The van der Waals surface area contributed by atoms with Crippen LogP contribution in [-0.4, -0.2) is 49.9 Å². The van der Waals surface area contributed by atoms with Gasteiger partial charge in [0, 0.05) is 13.1 Å². The SMILES string of the molecule is O=C(CN1C[C@@H]2CCS(=O)(=O)[C@@H]2C1)NCc1ccco1. The molecule has 0 radical (unpaired) electrons. The van der Waals surface area contributed by atoms with Crippen molar-refractivity contribution in [3.05, 3.63) is 24.2 Å². The molecule has 0 aliphatic carbocycles. The maximum absolute atomic E-state index is 11.8. The lowest BCUT2D eigenvalue weighted by atomic mass is 10.1. The van der Waals surface area contributed by atoms with Crippen molar-refractivity contribution in [2.24, 2.45) is 5.92 Å². The first-order chi connectivity index (χ1) is 9.54. The fourth-order valence-electron chi connectivity index (χ4n) is 3.07. The first kappa shape index (κ1) is 13.6. The highest BCUT2D eigenvalue weighted by atomic mass is 32.2. The third kappa shape index (κ3) is 2.73. The Morgan fingerprint density at radius 2 is 2.30 bits per heavy atom. The Bertz CT molecular complexity index is 582. The fourth-order valence-corrected chi connectivity index (χ4v) is 5.25. The number of sulfone groups is 1. The van der Waals surface area contributed by atoms with Crippen molar-refractivity contribution >= 4 is 15.7 Å². The van der Waals surface area contributed by atoms with E-state index >= 15 is 0 Å². The number of hydrogen-bond acceptors (Lipinski definition) is 5. The highest BCUT2D eigenvalue weighted by Crippen LogP contribution is 2.33. The lowest BCUT2D eigenvalue weighted by Crippen LogP contribution is -2.37. The normalized spacial score (nSPS) is 28.4. The number of likely N-dealkylation sites (tertiary alicyclic amines) is 1. The average molecular weight is 298 g/mol. The van der Waals surface area contributed by atoms with E-state index < -0.39 is 9.84 Å². The summed E-state index contributed by atoms with van der Waals surface area (Å²) in [6.07, 6.45) is 2.30. The Labute approximate surface area is 118 Å². The van der Waals surface area contributed by atoms with Crippen molar-refractivity contribution in [2.45, 2.75) is 18.2 Å². The number of furan rings is 1. The summed E-state index contributed by atoms with van der Waals surface area (Å²) in [4.78, 5) is 13.8. The Morgan fingerprint density at radius 1 is 1.45 bits per heavy atom. The third-order valence-corrected chi connectivity index (χ3v) is 6.36. The summed E-state index contributed by atoms with van der Waals surface area (Å²) in [5, 5.41) is 2.51. The molecule has 0 saturated carbocycles. The minimum absolute atomic E-state index is 0.0984. The van der Waals surface area contributed by atoms with E-state index in [-0.39, 0.29) is 23.6 Å². The lowest BCUT2D eigenvalue weighted by Gasteiger charge is -2.15. The van der Waals surface area contributed by atoms with Crippen LogP contribution in [0.1, 0.15) is 12.2 Å². The van der Waals surface area contributed by atoms with Gasteiger partial charge in [0.15, 0.2) is 9.84 Å². The number of carbonyl (C=O) groups is 1. The van der Waals surface area contributed by atoms with Crippen LogP contribution in [-0.2, 0) is 21.2 Å². The Kier molecular flexibility index (Phi) is 3.55.